The maximum Gasteiger partial charge on any atom is 0.352 e. The van der Waals surface area contributed by atoms with Crippen molar-refractivity contribution in [3.8, 4) is 0 Å². The molecule has 2 aromatic heterocycles. The molecule has 4 N–H and O–H groups in total. The number of unbranched alkanes of at least 4 members (excludes halogenated alkanes) is 1. The lowest BCUT2D eigenvalue weighted by molar-refractivity contribution is -0.689. The smallest absolute Gasteiger partial charge is 0.352 e. The number of carbonyl (C=O) groups is 4. The Balaban J connectivity index is 1.46. The minimum Gasteiger partial charge on any atom is -0.477 e. The summed E-state index contributed by atoms with van der Waals surface area (Å²) in [5, 5.41) is 15.8. The Morgan fingerprint density at radius 2 is 2.05 bits per heavy atom. The topological polar surface area (TPSA) is 190 Å². The van der Waals surface area contributed by atoms with E-state index in [1.54, 1.807) is 36.0 Å². The van der Waals surface area contributed by atoms with Crippen molar-refractivity contribution in [1.29, 1.82) is 0 Å². The molecule has 2 aliphatic heterocycles. The van der Waals surface area contributed by atoms with Crippen LogP contribution in [-0.2, 0) is 30.5 Å². The zero-order chi connectivity index (χ0) is 28.8. The number of hydrogen-bond acceptors (Lipinski definition) is 12. The molecule has 0 aliphatic carbocycles. The fraction of sp³-hybridized carbons (Fsp3) is 0.417. The van der Waals surface area contributed by atoms with Crippen molar-refractivity contribution in [3.63, 3.8) is 0 Å². The van der Waals surface area contributed by atoms with Gasteiger partial charge in [-0.25, -0.2) is 14.2 Å². The van der Waals surface area contributed by atoms with Gasteiger partial charge in [-0.2, -0.15) is 9.36 Å². The zero-order valence-electron chi connectivity index (χ0n) is 21.7. The number of fused-ring (bicyclic) bond motifs is 1. The number of thioether (sulfide) groups is 1. The van der Waals surface area contributed by atoms with Gasteiger partial charge in [0.25, 0.3) is 11.8 Å². The molecule has 14 nitrogen and oxygen atoms in total. The summed E-state index contributed by atoms with van der Waals surface area (Å²) < 4.78 is 10.9. The van der Waals surface area contributed by atoms with Crippen molar-refractivity contribution < 1.29 is 38.4 Å². The lowest BCUT2D eigenvalue weighted by Crippen LogP contribution is -2.71. The average Bonchev–Trinajstić information content (AvgIpc) is 3.37. The number of hydrogen-bond donors (Lipinski definition) is 3. The highest BCUT2D eigenvalue weighted by Crippen LogP contribution is 2.40. The zero-order valence-corrected chi connectivity index (χ0v) is 23.4. The minimum absolute atomic E-state index is 0.0425. The summed E-state index contributed by atoms with van der Waals surface area (Å²) in [6.45, 7) is 4.41. The standard InChI is InChI=1S/C24H27N7O7S2/c1-3-5-10-37-23(36)13-6-8-30(9-7-13)11-14-12-39-21-16(20(33)31(21)17(14)22(34)35)26-19(32)15(28-38-4-2)18-27-24(25)40-29-18/h6-9,16,21H,3-5,10-12H2,1-2H3,(H3-,25,26,27,29,32,34,35)/p+1/b28-15-/t16?,21-/m1/s1. The number of aromatic nitrogens is 3. The lowest BCUT2D eigenvalue weighted by Gasteiger charge is -2.49. The third kappa shape index (κ3) is 6.22. The van der Waals surface area contributed by atoms with Crippen LogP contribution in [0.4, 0.5) is 5.13 Å². The molecule has 2 aliphatic rings. The lowest BCUT2D eigenvalue weighted by atomic mass is 10.0. The number of rotatable bonds is 12. The molecule has 1 saturated heterocycles. The highest BCUT2D eigenvalue weighted by Gasteiger charge is 2.54. The summed E-state index contributed by atoms with van der Waals surface area (Å²) in [6.07, 6.45) is 5.00. The maximum absolute atomic E-state index is 13.1. The van der Waals surface area contributed by atoms with Crippen LogP contribution in [0, 0.1) is 0 Å². The molecule has 0 saturated carbocycles. The molecule has 0 radical (unpaired) electrons. The number of aliphatic carboxylic acids is 1. The first-order valence-electron chi connectivity index (χ1n) is 12.4. The molecule has 1 fully saturated rings. The van der Waals surface area contributed by atoms with E-state index in [-0.39, 0.29) is 35.5 Å². The highest BCUT2D eigenvalue weighted by atomic mass is 32.2. The largest absolute Gasteiger partial charge is 0.477 e. The number of nitrogens with zero attached hydrogens (tertiary/aromatic N) is 5. The molecule has 0 aromatic carbocycles. The van der Waals surface area contributed by atoms with Gasteiger partial charge in [0.05, 0.1) is 12.2 Å². The molecular weight excluding hydrogens is 562 g/mol. The fourth-order valence-corrected chi connectivity index (χ4v) is 5.74. The number of nitrogen functional groups attached to an aromatic ring is 1. The predicted octanol–water partition coefficient (Wildman–Crippen LogP) is 0.544. The number of ether oxygens (including phenoxy) is 1. The van der Waals surface area contributed by atoms with Crippen molar-refractivity contribution in [2.45, 2.75) is 44.6 Å². The number of pyridine rings is 1. The number of carboxylic acids is 1. The van der Waals surface area contributed by atoms with Gasteiger partial charge in [0, 0.05) is 35.0 Å². The first-order chi connectivity index (χ1) is 19.2. The van der Waals surface area contributed by atoms with E-state index in [1.807, 2.05) is 6.92 Å². The minimum atomic E-state index is -1.25. The predicted molar refractivity (Wildman–Crippen MR) is 144 cm³/mol. The van der Waals surface area contributed by atoms with E-state index in [1.165, 1.54) is 16.7 Å². The quantitative estimate of drug-likeness (QED) is 0.0781. The Morgan fingerprint density at radius 3 is 2.67 bits per heavy atom. The van der Waals surface area contributed by atoms with Crippen molar-refractivity contribution in [3.05, 3.63) is 47.2 Å². The normalized spacial score (nSPS) is 18.6. The molecule has 2 aromatic rings. The molecule has 4 heterocycles. The van der Waals surface area contributed by atoms with Gasteiger partial charge in [0.2, 0.25) is 11.5 Å². The summed E-state index contributed by atoms with van der Waals surface area (Å²) >= 11 is 2.20. The molecule has 2 amide bonds. The number of β-lactam (4-membered cyclic amide) rings is 1. The second-order valence-electron chi connectivity index (χ2n) is 8.68. The van der Waals surface area contributed by atoms with Gasteiger partial charge in [0.15, 0.2) is 24.1 Å². The Hall–Kier alpha value is -4.05. The molecular formula is C24H28N7O7S2+. The van der Waals surface area contributed by atoms with E-state index in [4.69, 9.17) is 15.3 Å². The van der Waals surface area contributed by atoms with Gasteiger partial charge >= 0.3 is 11.9 Å². The number of esters is 1. The number of anilines is 1. The third-order valence-corrected chi connectivity index (χ3v) is 7.80. The maximum atomic E-state index is 13.1. The second-order valence-corrected chi connectivity index (χ2v) is 10.6. The van der Waals surface area contributed by atoms with Crippen molar-refractivity contribution in [1.82, 2.24) is 19.6 Å². The Kier molecular flexibility index (Phi) is 9.31. The molecule has 2 atom stereocenters. The Labute approximate surface area is 237 Å². The van der Waals surface area contributed by atoms with Crippen molar-refractivity contribution in [2.75, 3.05) is 24.7 Å². The van der Waals surface area contributed by atoms with Crippen LogP contribution in [-0.4, -0.2) is 79.2 Å². The van der Waals surface area contributed by atoms with E-state index < -0.39 is 35.2 Å². The summed E-state index contributed by atoms with van der Waals surface area (Å²) in [7, 11) is 0. The van der Waals surface area contributed by atoms with Crippen LogP contribution in [0.1, 0.15) is 42.9 Å². The van der Waals surface area contributed by atoms with Gasteiger partial charge in [-0.1, -0.05) is 18.5 Å². The second kappa shape index (κ2) is 12.9. The molecule has 40 heavy (non-hydrogen) atoms. The summed E-state index contributed by atoms with van der Waals surface area (Å²) in [6, 6.07) is 2.21. The van der Waals surface area contributed by atoms with E-state index in [0.29, 0.717) is 23.5 Å². The third-order valence-electron chi connectivity index (χ3n) is 5.92. The van der Waals surface area contributed by atoms with Crippen LogP contribution in [0.3, 0.4) is 0 Å². The van der Waals surface area contributed by atoms with Gasteiger partial charge in [0.1, 0.15) is 23.7 Å². The first kappa shape index (κ1) is 28.9. The number of nitrogens with one attached hydrogen (secondary N) is 1. The van der Waals surface area contributed by atoms with Crippen molar-refractivity contribution >= 4 is 57.9 Å². The molecule has 16 heteroatoms. The summed E-state index contributed by atoms with van der Waals surface area (Å²) in [5.74, 6) is -2.74. The average molecular weight is 591 g/mol. The van der Waals surface area contributed by atoms with E-state index in [0.717, 1.165) is 24.4 Å². The van der Waals surface area contributed by atoms with Gasteiger partial charge in [-0.15, -0.1) is 11.8 Å². The van der Waals surface area contributed by atoms with Crippen LogP contribution in [0.2, 0.25) is 0 Å². The van der Waals surface area contributed by atoms with Gasteiger partial charge in [-0.3, -0.25) is 14.5 Å². The molecule has 0 spiro atoms. The Bertz CT molecular complexity index is 1360. The van der Waals surface area contributed by atoms with Crippen LogP contribution in [0.5, 0.6) is 0 Å². The van der Waals surface area contributed by atoms with Crippen molar-refractivity contribution in [2.24, 2.45) is 5.16 Å². The molecule has 4 rings (SSSR count). The first-order valence-corrected chi connectivity index (χ1v) is 14.2. The monoisotopic (exact) mass is 590 g/mol. The molecule has 0 bridgehead atoms. The molecule has 212 valence electrons. The summed E-state index contributed by atoms with van der Waals surface area (Å²) in [5.41, 5.74) is 6.14. The van der Waals surface area contributed by atoms with Gasteiger partial charge in [-0.05, 0) is 13.3 Å². The number of oxime groups is 1. The number of nitrogens with two attached hydrogens (primary N) is 1. The van der Waals surface area contributed by atoms with E-state index in [9.17, 15) is 24.3 Å². The van der Waals surface area contributed by atoms with E-state index in [2.05, 4.69) is 19.8 Å². The van der Waals surface area contributed by atoms with Crippen LogP contribution >= 0.6 is 23.3 Å². The van der Waals surface area contributed by atoms with Crippen LogP contribution in [0.25, 0.3) is 0 Å². The highest BCUT2D eigenvalue weighted by molar-refractivity contribution is 8.00. The SMILES string of the molecule is CCCCOC(=O)c1cc[n+](CC2=C(C(=O)O)N3C(=O)C(NC(=O)/C(=N\OCC)c4nsc(N)n4)[C@H]3SC2)cc1. The van der Waals surface area contributed by atoms with Gasteiger partial charge < -0.3 is 25.7 Å². The summed E-state index contributed by atoms with van der Waals surface area (Å²) in [4.78, 5) is 60.5. The number of carboxylic acid groups (broad SMARTS) is 1. The van der Waals surface area contributed by atoms with Crippen LogP contribution in [0.15, 0.2) is 41.0 Å². The number of amides is 2. The fourth-order valence-electron chi connectivity index (χ4n) is 3.97. The van der Waals surface area contributed by atoms with Crippen LogP contribution < -0.4 is 15.6 Å². The molecule has 1 unspecified atom stereocenters. The number of carbonyl (C=O) groups excluding carboxylic acids is 3. The van der Waals surface area contributed by atoms with E-state index >= 15 is 0 Å². The Morgan fingerprint density at radius 1 is 1.30 bits per heavy atom.